The van der Waals surface area contributed by atoms with Crippen molar-refractivity contribution in [2.75, 3.05) is 11.5 Å². The molecule has 1 N–H and O–H groups in total. The van der Waals surface area contributed by atoms with E-state index in [1.165, 1.54) is 24.3 Å². The lowest BCUT2D eigenvalue weighted by Crippen LogP contribution is -2.28. The molecule has 2 rings (SSSR count). The number of carboxylic acids is 1. The topological polar surface area (TPSA) is 46.5 Å². The lowest BCUT2D eigenvalue weighted by molar-refractivity contribution is -0.137. The zero-order valence-corrected chi connectivity index (χ0v) is 13.1. The van der Waals surface area contributed by atoms with Crippen LogP contribution < -0.4 is 0 Å². The molecule has 20 heavy (non-hydrogen) atoms. The van der Waals surface area contributed by atoms with E-state index in [0.717, 1.165) is 25.2 Å². The van der Waals surface area contributed by atoms with E-state index in [2.05, 4.69) is 19.1 Å². The minimum atomic E-state index is -0.698. The van der Waals surface area contributed by atoms with Crippen molar-refractivity contribution in [3.8, 4) is 0 Å². The number of carbonyl (C=O) groups is 1. The van der Waals surface area contributed by atoms with Crippen LogP contribution in [0.25, 0.3) is 0 Å². The van der Waals surface area contributed by atoms with Crippen LogP contribution in [0, 0.1) is 11.8 Å². The van der Waals surface area contributed by atoms with Gasteiger partial charge in [0.2, 0.25) is 0 Å². The maximum absolute atomic E-state index is 10.4. The molecule has 2 fully saturated rings. The fourth-order valence-electron chi connectivity index (χ4n) is 3.42. The van der Waals surface area contributed by atoms with Crippen LogP contribution in [0.15, 0.2) is 12.2 Å². The standard InChI is InChI=1S/C16H26O3S/c1-2-20-11-13-12(14-9-10-15(13)19-14)7-5-3-4-6-8-16(17)18/h3,5,12-15H,2,4,6-11H2,1H3,(H,17,18)/b5-3-. The minimum absolute atomic E-state index is 0.275. The van der Waals surface area contributed by atoms with Crippen LogP contribution in [0.2, 0.25) is 0 Å². The third kappa shape index (κ3) is 4.26. The maximum atomic E-state index is 10.4. The van der Waals surface area contributed by atoms with Crippen molar-refractivity contribution < 1.29 is 14.6 Å². The molecule has 0 aromatic carbocycles. The summed E-state index contributed by atoms with van der Waals surface area (Å²) in [6.07, 6.45) is 10.9. The lowest BCUT2D eigenvalue weighted by Gasteiger charge is -2.26. The molecule has 4 atom stereocenters. The molecule has 4 unspecified atom stereocenters. The average molecular weight is 298 g/mol. The first-order valence-corrected chi connectivity index (χ1v) is 8.97. The molecule has 2 aliphatic rings. The van der Waals surface area contributed by atoms with E-state index in [9.17, 15) is 4.79 Å². The summed E-state index contributed by atoms with van der Waals surface area (Å²) in [6.45, 7) is 2.22. The van der Waals surface area contributed by atoms with Crippen LogP contribution in [-0.4, -0.2) is 34.8 Å². The van der Waals surface area contributed by atoms with Crippen molar-refractivity contribution in [3.05, 3.63) is 12.2 Å². The number of aliphatic carboxylic acids is 1. The molecule has 3 nitrogen and oxygen atoms in total. The van der Waals surface area contributed by atoms with Crippen LogP contribution in [-0.2, 0) is 9.53 Å². The normalized spacial score (nSPS) is 32.2. The number of hydrogen-bond acceptors (Lipinski definition) is 3. The summed E-state index contributed by atoms with van der Waals surface area (Å²) in [6, 6.07) is 0. The molecular formula is C16H26O3S. The quantitative estimate of drug-likeness (QED) is 0.520. The highest BCUT2D eigenvalue weighted by atomic mass is 32.2. The second-order valence-electron chi connectivity index (χ2n) is 5.77. The van der Waals surface area contributed by atoms with Crippen LogP contribution in [0.1, 0.15) is 45.4 Å². The van der Waals surface area contributed by atoms with E-state index in [4.69, 9.17) is 9.84 Å². The van der Waals surface area contributed by atoms with E-state index < -0.39 is 5.97 Å². The van der Waals surface area contributed by atoms with Crippen molar-refractivity contribution in [2.45, 2.75) is 57.7 Å². The number of fused-ring (bicyclic) bond motifs is 2. The first-order valence-electron chi connectivity index (χ1n) is 7.82. The monoisotopic (exact) mass is 298 g/mol. The number of ether oxygens (including phenoxy) is 1. The third-order valence-electron chi connectivity index (χ3n) is 4.44. The maximum Gasteiger partial charge on any atom is 0.303 e. The Hall–Kier alpha value is -0.480. The van der Waals surface area contributed by atoms with Crippen molar-refractivity contribution in [1.29, 1.82) is 0 Å². The Bertz CT molecular complexity index is 343. The molecule has 2 bridgehead atoms. The average Bonchev–Trinajstić information content (AvgIpc) is 3.01. The van der Waals surface area contributed by atoms with Crippen LogP contribution in [0.3, 0.4) is 0 Å². The summed E-state index contributed by atoms with van der Waals surface area (Å²) in [4.78, 5) is 10.4. The first-order chi connectivity index (χ1) is 9.72. The Kier molecular flexibility index (Phi) is 6.43. The van der Waals surface area contributed by atoms with Gasteiger partial charge in [-0.1, -0.05) is 19.1 Å². The first kappa shape index (κ1) is 15.9. The fourth-order valence-corrected chi connectivity index (χ4v) is 4.39. The summed E-state index contributed by atoms with van der Waals surface area (Å²) in [5.74, 6) is 3.13. The van der Waals surface area contributed by atoms with Crippen LogP contribution in [0.4, 0.5) is 0 Å². The van der Waals surface area contributed by atoms with Gasteiger partial charge in [0.05, 0.1) is 12.2 Å². The van der Waals surface area contributed by atoms with Gasteiger partial charge in [-0.05, 0) is 55.4 Å². The Morgan fingerprint density at radius 2 is 2.05 bits per heavy atom. The molecule has 0 amide bonds. The molecule has 0 spiro atoms. The summed E-state index contributed by atoms with van der Waals surface area (Å²) in [5.41, 5.74) is 0. The van der Waals surface area contributed by atoms with Gasteiger partial charge in [0.15, 0.2) is 0 Å². The van der Waals surface area contributed by atoms with Gasteiger partial charge < -0.3 is 9.84 Å². The third-order valence-corrected chi connectivity index (χ3v) is 5.47. The molecule has 2 saturated heterocycles. The van der Waals surface area contributed by atoms with Gasteiger partial charge in [0.25, 0.3) is 0 Å². The summed E-state index contributed by atoms with van der Waals surface area (Å²) in [7, 11) is 0. The van der Waals surface area contributed by atoms with E-state index in [0.29, 0.717) is 18.1 Å². The predicted octanol–water partition coefficient (Wildman–Crippen LogP) is 3.73. The van der Waals surface area contributed by atoms with E-state index in [1.807, 2.05) is 11.8 Å². The second-order valence-corrected chi connectivity index (χ2v) is 7.09. The molecule has 2 aliphatic heterocycles. The Balaban J connectivity index is 1.72. The van der Waals surface area contributed by atoms with Gasteiger partial charge in [-0.15, -0.1) is 0 Å². The van der Waals surface area contributed by atoms with Gasteiger partial charge in [-0.3, -0.25) is 4.79 Å². The van der Waals surface area contributed by atoms with E-state index >= 15 is 0 Å². The van der Waals surface area contributed by atoms with Gasteiger partial charge in [0, 0.05) is 6.42 Å². The van der Waals surface area contributed by atoms with Crippen LogP contribution >= 0.6 is 11.8 Å². The zero-order chi connectivity index (χ0) is 14.4. The summed E-state index contributed by atoms with van der Waals surface area (Å²) in [5, 5.41) is 8.59. The van der Waals surface area contributed by atoms with Gasteiger partial charge >= 0.3 is 5.97 Å². The molecule has 0 aromatic rings. The Morgan fingerprint density at radius 3 is 2.75 bits per heavy atom. The number of hydrogen-bond donors (Lipinski definition) is 1. The van der Waals surface area contributed by atoms with Crippen molar-refractivity contribution >= 4 is 17.7 Å². The number of allylic oxidation sites excluding steroid dienone is 2. The molecule has 0 saturated carbocycles. The van der Waals surface area contributed by atoms with Crippen molar-refractivity contribution in [3.63, 3.8) is 0 Å². The molecule has 114 valence electrons. The molecule has 2 heterocycles. The van der Waals surface area contributed by atoms with Gasteiger partial charge in [0.1, 0.15) is 0 Å². The minimum Gasteiger partial charge on any atom is -0.481 e. The predicted molar refractivity (Wildman–Crippen MR) is 83.1 cm³/mol. The number of carboxylic acid groups (broad SMARTS) is 1. The van der Waals surface area contributed by atoms with E-state index in [-0.39, 0.29) is 6.42 Å². The summed E-state index contributed by atoms with van der Waals surface area (Å²) < 4.78 is 6.08. The highest BCUT2D eigenvalue weighted by Crippen LogP contribution is 2.46. The van der Waals surface area contributed by atoms with Gasteiger partial charge in [-0.25, -0.2) is 0 Å². The van der Waals surface area contributed by atoms with Crippen molar-refractivity contribution in [2.24, 2.45) is 11.8 Å². The molecule has 0 radical (unpaired) electrons. The number of unbranched alkanes of at least 4 members (excludes halogenated alkanes) is 1. The summed E-state index contributed by atoms with van der Waals surface area (Å²) >= 11 is 2.03. The Morgan fingerprint density at radius 1 is 1.30 bits per heavy atom. The SMILES string of the molecule is CCSCC1C2CCC(O2)C1C/C=C\CCCC(=O)O. The van der Waals surface area contributed by atoms with Gasteiger partial charge in [-0.2, -0.15) is 11.8 Å². The highest BCUT2D eigenvalue weighted by molar-refractivity contribution is 7.99. The fraction of sp³-hybridized carbons (Fsp3) is 0.812. The van der Waals surface area contributed by atoms with E-state index in [1.54, 1.807) is 0 Å². The lowest BCUT2D eigenvalue weighted by atomic mass is 9.78. The highest BCUT2D eigenvalue weighted by Gasteiger charge is 2.47. The number of thioether (sulfide) groups is 1. The molecule has 0 aliphatic carbocycles. The van der Waals surface area contributed by atoms with Crippen molar-refractivity contribution in [1.82, 2.24) is 0 Å². The van der Waals surface area contributed by atoms with Crippen LogP contribution in [0.5, 0.6) is 0 Å². The Labute approximate surface area is 126 Å². The smallest absolute Gasteiger partial charge is 0.303 e. The molecule has 4 heteroatoms. The molecule has 0 aromatic heterocycles. The zero-order valence-electron chi connectivity index (χ0n) is 12.3. The second kappa shape index (κ2) is 8.08. The number of rotatable bonds is 9. The molecular weight excluding hydrogens is 272 g/mol. The largest absolute Gasteiger partial charge is 0.481 e.